The fraction of sp³-hybridized carbons (Fsp3) is 0.562. The van der Waals surface area contributed by atoms with E-state index in [4.69, 9.17) is 9.47 Å². The number of carbonyl (C=O) groups is 1. The van der Waals surface area contributed by atoms with E-state index in [0.717, 1.165) is 37.3 Å². The number of benzene rings is 1. The third kappa shape index (κ3) is 3.29. The van der Waals surface area contributed by atoms with Crippen molar-refractivity contribution in [2.45, 2.75) is 31.4 Å². The number of likely N-dealkylation sites (N-methyl/N-ethyl adjacent to an activating group) is 1. The first-order valence-electron chi connectivity index (χ1n) is 7.61. The number of nitrogens with zero attached hydrogens (tertiary/aromatic N) is 1. The average Bonchev–Trinajstić information content (AvgIpc) is 2.55. The molecule has 0 aliphatic carbocycles. The second kappa shape index (κ2) is 6.35. The number of fused-ring (bicyclic) bond motifs is 1. The summed E-state index contributed by atoms with van der Waals surface area (Å²) in [5.74, 6) is 1.68. The van der Waals surface area contributed by atoms with Crippen LogP contribution in [0.2, 0.25) is 0 Å². The summed E-state index contributed by atoms with van der Waals surface area (Å²) in [7, 11) is 1.84. The first-order chi connectivity index (χ1) is 10.2. The van der Waals surface area contributed by atoms with Gasteiger partial charge in [-0.15, -0.1) is 0 Å². The highest BCUT2D eigenvalue weighted by molar-refractivity contribution is 5.81. The number of hydrogen-bond acceptors (Lipinski definition) is 4. The Balaban J connectivity index is 1.56. The number of nitrogens with one attached hydrogen (secondary N) is 1. The van der Waals surface area contributed by atoms with Gasteiger partial charge in [0.25, 0.3) is 0 Å². The summed E-state index contributed by atoms with van der Waals surface area (Å²) in [5, 5.41) is 3.29. The summed E-state index contributed by atoms with van der Waals surface area (Å²) in [4.78, 5) is 14.1. The molecule has 0 radical (unpaired) electrons. The van der Waals surface area contributed by atoms with Crippen molar-refractivity contribution < 1.29 is 14.3 Å². The molecule has 5 nitrogen and oxygen atoms in total. The summed E-state index contributed by atoms with van der Waals surface area (Å²) in [5.41, 5.74) is 0. The van der Waals surface area contributed by atoms with Gasteiger partial charge in [0.1, 0.15) is 6.61 Å². The van der Waals surface area contributed by atoms with E-state index in [1.54, 1.807) is 4.90 Å². The molecule has 0 spiro atoms. The van der Waals surface area contributed by atoms with Crippen molar-refractivity contribution in [2.75, 3.05) is 26.7 Å². The van der Waals surface area contributed by atoms with E-state index in [0.29, 0.717) is 13.2 Å². The highest BCUT2D eigenvalue weighted by atomic mass is 16.6. The maximum Gasteiger partial charge on any atom is 0.239 e. The maximum atomic E-state index is 12.4. The largest absolute Gasteiger partial charge is 0.486 e. The molecule has 1 N–H and O–H groups in total. The molecule has 2 heterocycles. The number of rotatable bonds is 3. The van der Waals surface area contributed by atoms with Crippen molar-refractivity contribution in [2.24, 2.45) is 0 Å². The lowest BCUT2D eigenvalue weighted by Gasteiger charge is -2.32. The van der Waals surface area contributed by atoms with E-state index < -0.39 is 0 Å². The summed E-state index contributed by atoms with van der Waals surface area (Å²) >= 11 is 0. The predicted octanol–water partition coefficient (Wildman–Crippen LogP) is 1.43. The van der Waals surface area contributed by atoms with E-state index in [1.807, 2.05) is 31.3 Å². The molecule has 5 heteroatoms. The van der Waals surface area contributed by atoms with Crippen LogP contribution in [0.15, 0.2) is 24.3 Å². The number of ether oxygens (including phenoxy) is 2. The zero-order valence-electron chi connectivity index (χ0n) is 12.4. The van der Waals surface area contributed by atoms with Crippen molar-refractivity contribution in [3.05, 3.63) is 24.3 Å². The zero-order chi connectivity index (χ0) is 14.7. The van der Waals surface area contributed by atoms with Gasteiger partial charge in [-0.05, 0) is 31.5 Å². The van der Waals surface area contributed by atoms with Crippen LogP contribution < -0.4 is 14.8 Å². The fourth-order valence-corrected chi connectivity index (χ4v) is 2.88. The normalized spacial score (nSPS) is 24.4. The van der Waals surface area contributed by atoms with Crippen LogP contribution in [-0.4, -0.2) is 49.7 Å². The van der Waals surface area contributed by atoms with Gasteiger partial charge >= 0.3 is 0 Å². The minimum absolute atomic E-state index is 0.0412. The molecule has 0 bridgehead atoms. The number of hydrogen-bond donors (Lipinski definition) is 1. The van der Waals surface area contributed by atoms with E-state index in [-0.39, 0.29) is 18.1 Å². The molecule has 21 heavy (non-hydrogen) atoms. The highest BCUT2D eigenvalue weighted by Gasteiger charge is 2.27. The van der Waals surface area contributed by atoms with Crippen molar-refractivity contribution in [1.82, 2.24) is 10.2 Å². The number of carbonyl (C=O) groups excluding carboxylic acids is 1. The molecule has 2 atom stereocenters. The van der Waals surface area contributed by atoms with Gasteiger partial charge in [0.05, 0.1) is 12.6 Å². The molecule has 1 aromatic rings. The summed E-state index contributed by atoms with van der Waals surface area (Å²) in [6.07, 6.45) is 3.09. The Kier molecular flexibility index (Phi) is 4.29. The van der Waals surface area contributed by atoms with Gasteiger partial charge < -0.3 is 19.7 Å². The Morgan fingerprint density at radius 2 is 2.14 bits per heavy atom. The molecule has 2 aliphatic rings. The van der Waals surface area contributed by atoms with E-state index in [9.17, 15) is 4.79 Å². The third-order valence-corrected chi connectivity index (χ3v) is 4.03. The standard InChI is InChI=1S/C16H22N2O3/c1-18(16(19)13-6-4-5-9-17-13)10-12-11-20-14-7-2-3-8-15(14)21-12/h2-3,7-8,12-13,17H,4-6,9-11H2,1H3/t12?,13-/m0/s1. The van der Waals surface area contributed by atoms with E-state index in [1.165, 1.54) is 0 Å². The van der Waals surface area contributed by atoms with Crippen LogP contribution in [0.5, 0.6) is 11.5 Å². The maximum absolute atomic E-state index is 12.4. The van der Waals surface area contributed by atoms with Crippen molar-refractivity contribution in [3.63, 3.8) is 0 Å². The Labute approximate surface area is 125 Å². The van der Waals surface area contributed by atoms with E-state index >= 15 is 0 Å². The smallest absolute Gasteiger partial charge is 0.239 e. The molecule has 1 saturated heterocycles. The van der Waals surface area contributed by atoms with Crippen molar-refractivity contribution in [1.29, 1.82) is 0 Å². The lowest BCUT2D eigenvalue weighted by molar-refractivity contribution is -0.134. The minimum atomic E-state index is -0.113. The van der Waals surface area contributed by atoms with Crippen molar-refractivity contribution >= 4 is 5.91 Å². The van der Waals surface area contributed by atoms with Crippen molar-refractivity contribution in [3.8, 4) is 11.5 Å². The molecular weight excluding hydrogens is 268 g/mol. The first kappa shape index (κ1) is 14.2. The molecule has 3 rings (SSSR count). The first-order valence-corrected chi connectivity index (χ1v) is 7.61. The predicted molar refractivity (Wildman–Crippen MR) is 79.6 cm³/mol. The Hall–Kier alpha value is -1.75. The SMILES string of the molecule is CN(CC1COc2ccccc2O1)C(=O)[C@@H]1CCCCN1. The lowest BCUT2D eigenvalue weighted by Crippen LogP contribution is -2.50. The van der Waals surface area contributed by atoms with Crippen LogP contribution in [0.1, 0.15) is 19.3 Å². The minimum Gasteiger partial charge on any atom is -0.486 e. The fourth-order valence-electron chi connectivity index (χ4n) is 2.88. The monoisotopic (exact) mass is 290 g/mol. The van der Waals surface area contributed by atoms with Gasteiger partial charge in [-0.1, -0.05) is 18.6 Å². The highest BCUT2D eigenvalue weighted by Crippen LogP contribution is 2.31. The quantitative estimate of drug-likeness (QED) is 0.915. The summed E-state index contributed by atoms with van der Waals surface area (Å²) in [6.45, 7) is 1.96. The third-order valence-electron chi connectivity index (χ3n) is 4.03. The second-order valence-electron chi connectivity index (χ2n) is 5.72. The van der Waals surface area contributed by atoms with Gasteiger partial charge in [-0.2, -0.15) is 0 Å². The second-order valence-corrected chi connectivity index (χ2v) is 5.72. The molecule has 1 aromatic carbocycles. The van der Waals surface area contributed by atoms with Gasteiger partial charge in [0, 0.05) is 7.05 Å². The van der Waals surface area contributed by atoms with Crippen LogP contribution in [0.3, 0.4) is 0 Å². The van der Waals surface area contributed by atoms with Crippen LogP contribution in [0.25, 0.3) is 0 Å². The molecule has 1 amide bonds. The Morgan fingerprint density at radius 1 is 1.33 bits per heavy atom. The molecule has 0 aromatic heterocycles. The Morgan fingerprint density at radius 3 is 2.90 bits per heavy atom. The topological polar surface area (TPSA) is 50.8 Å². The van der Waals surface area contributed by atoms with Crippen LogP contribution in [-0.2, 0) is 4.79 Å². The molecule has 1 unspecified atom stereocenters. The van der Waals surface area contributed by atoms with Crippen LogP contribution >= 0.6 is 0 Å². The zero-order valence-corrected chi connectivity index (χ0v) is 12.4. The molecular formula is C16H22N2O3. The van der Waals surface area contributed by atoms with Gasteiger partial charge in [0.2, 0.25) is 5.91 Å². The number of amides is 1. The molecule has 114 valence electrons. The summed E-state index contributed by atoms with van der Waals surface area (Å²) < 4.78 is 11.6. The van der Waals surface area contributed by atoms with E-state index in [2.05, 4.69) is 5.32 Å². The van der Waals surface area contributed by atoms with Gasteiger partial charge in [-0.3, -0.25) is 4.79 Å². The van der Waals surface area contributed by atoms with Crippen LogP contribution in [0.4, 0.5) is 0 Å². The van der Waals surface area contributed by atoms with Gasteiger partial charge in [-0.25, -0.2) is 0 Å². The van der Waals surface area contributed by atoms with Crippen LogP contribution in [0, 0.1) is 0 Å². The van der Waals surface area contributed by atoms with Gasteiger partial charge in [0.15, 0.2) is 17.6 Å². The average molecular weight is 290 g/mol. The summed E-state index contributed by atoms with van der Waals surface area (Å²) in [6, 6.07) is 7.59. The Bertz CT molecular complexity index is 500. The molecule has 2 aliphatic heterocycles. The molecule has 0 saturated carbocycles. The number of para-hydroxylation sites is 2. The molecule has 1 fully saturated rings. The number of piperidine rings is 1. The lowest BCUT2D eigenvalue weighted by atomic mass is 10.0.